The highest BCUT2D eigenvalue weighted by Gasteiger charge is 2.04. The Labute approximate surface area is 76.9 Å². The Bertz CT molecular complexity index is 332. The van der Waals surface area contributed by atoms with Gasteiger partial charge in [-0.3, -0.25) is 5.41 Å². The van der Waals surface area contributed by atoms with Gasteiger partial charge in [0.2, 0.25) is 0 Å². The first-order valence-corrected chi connectivity index (χ1v) is 4.01. The van der Waals surface area contributed by atoms with Crippen LogP contribution in [0.4, 0.5) is 0 Å². The van der Waals surface area contributed by atoms with Crippen LogP contribution < -0.4 is 5.73 Å². The molecule has 0 unspecified atom stereocenters. The van der Waals surface area contributed by atoms with E-state index in [4.69, 9.17) is 22.7 Å². The summed E-state index contributed by atoms with van der Waals surface area (Å²) in [4.78, 5) is 0. The number of hydrogen-bond donors (Lipinski definition) is 2. The van der Waals surface area contributed by atoms with E-state index in [0.717, 1.165) is 11.1 Å². The molecule has 1 aromatic carbocycles. The molecule has 0 saturated heterocycles. The van der Waals surface area contributed by atoms with Gasteiger partial charge >= 0.3 is 0 Å². The lowest BCUT2D eigenvalue weighted by Crippen LogP contribution is -2.12. The number of nitrogens with one attached hydrogen (secondary N) is 1. The minimum Gasteiger partial charge on any atom is -0.384 e. The average molecular weight is 183 g/mol. The third-order valence-corrected chi connectivity index (χ3v) is 2.20. The molecule has 0 atom stereocenters. The lowest BCUT2D eigenvalue weighted by Gasteiger charge is -2.06. The smallest absolute Gasteiger partial charge is 0.123 e. The van der Waals surface area contributed by atoms with E-state index in [2.05, 4.69) is 0 Å². The van der Waals surface area contributed by atoms with Crippen molar-refractivity contribution < 1.29 is 0 Å². The lowest BCUT2D eigenvalue weighted by molar-refractivity contribution is 1.33. The topological polar surface area (TPSA) is 49.9 Å². The Morgan fingerprint density at radius 2 is 1.92 bits per heavy atom. The summed E-state index contributed by atoms with van der Waals surface area (Å²) in [5, 5.41) is 7.92. The molecule has 0 aromatic heterocycles. The van der Waals surface area contributed by atoms with Gasteiger partial charge in [0.1, 0.15) is 5.84 Å². The number of nitrogens with two attached hydrogens (primary N) is 1. The van der Waals surface area contributed by atoms with E-state index >= 15 is 0 Å². The maximum Gasteiger partial charge on any atom is 0.123 e. The molecule has 64 valence electrons. The second-order valence-electron chi connectivity index (χ2n) is 2.83. The Kier molecular flexibility index (Phi) is 2.38. The van der Waals surface area contributed by atoms with Crippen LogP contribution >= 0.6 is 11.6 Å². The van der Waals surface area contributed by atoms with Crippen molar-refractivity contribution in [1.29, 1.82) is 5.41 Å². The van der Waals surface area contributed by atoms with Gasteiger partial charge in [0.05, 0.1) is 0 Å². The van der Waals surface area contributed by atoms with Crippen LogP contribution in [-0.4, -0.2) is 5.84 Å². The third-order valence-electron chi connectivity index (χ3n) is 1.80. The van der Waals surface area contributed by atoms with Gasteiger partial charge in [-0.15, -0.1) is 0 Å². The highest BCUT2D eigenvalue weighted by molar-refractivity contribution is 6.31. The zero-order valence-corrected chi connectivity index (χ0v) is 7.87. The van der Waals surface area contributed by atoms with E-state index in [1.54, 1.807) is 6.07 Å². The van der Waals surface area contributed by atoms with Gasteiger partial charge < -0.3 is 5.73 Å². The predicted molar refractivity (Wildman–Crippen MR) is 51.9 cm³/mol. The molecule has 12 heavy (non-hydrogen) atoms. The van der Waals surface area contributed by atoms with E-state index in [-0.39, 0.29) is 5.84 Å². The highest BCUT2D eigenvalue weighted by atomic mass is 35.5. The number of halogens is 1. The second kappa shape index (κ2) is 3.15. The van der Waals surface area contributed by atoms with E-state index in [9.17, 15) is 0 Å². The fourth-order valence-electron chi connectivity index (χ4n) is 1.12. The number of hydrogen-bond acceptors (Lipinski definition) is 1. The van der Waals surface area contributed by atoms with Crippen molar-refractivity contribution in [3.05, 3.63) is 33.8 Å². The number of benzene rings is 1. The van der Waals surface area contributed by atoms with Gasteiger partial charge in [0, 0.05) is 10.6 Å². The molecule has 0 bridgehead atoms. The molecule has 0 aliphatic carbocycles. The fraction of sp³-hybridized carbons (Fsp3) is 0.222. The van der Waals surface area contributed by atoms with Crippen molar-refractivity contribution in [3.8, 4) is 0 Å². The van der Waals surface area contributed by atoms with Crippen LogP contribution in [0.15, 0.2) is 12.1 Å². The van der Waals surface area contributed by atoms with E-state index in [0.29, 0.717) is 10.6 Å². The third kappa shape index (κ3) is 1.59. The minimum atomic E-state index is 0.0643. The summed E-state index contributed by atoms with van der Waals surface area (Å²) in [6, 6.07) is 3.66. The van der Waals surface area contributed by atoms with Crippen LogP contribution in [0.25, 0.3) is 0 Å². The van der Waals surface area contributed by atoms with Crippen LogP contribution in [-0.2, 0) is 0 Å². The summed E-state index contributed by atoms with van der Waals surface area (Å²) in [6.45, 7) is 3.85. The summed E-state index contributed by atoms with van der Waals surface area (Å²) >= 11 is 5.88. The molecule has 0 aliphatic heterocycles. The first-order valence-electron chi connectivity index (χ1n) is 3.63. The molecule has 3 N–H and O–H groups in total. The van der Waals surface area contributed by atoms with Crippen LogP contribution in [0.3, 0.4) is 0 Å². The van der Waals surface area contributed by atoms with Gasteiger partial charge in [-0.05, 0) is 31.0 Å². The Balaban J connectivity index is 3.33. The Morgan fingerprint density at radius 1 is 1.33 bits per heavy atom. The van der Waals surface area contributed by atoms with Crippen molar-refractivity contribution in [2.24, 2.45) is 5.73 Å². The van der Waals surface area contributed by atoms with Crippen molar-refractivity contribution in [2.75, 3.05) is 0 Å². The van der Waals surface area contributed by atoms with Crippen molar-refractivity contribution in [2.45, 2.75) is 13.8 Å². The molecule has 1 aromatic rings. The molecule has 0 saturated carbocycles. The van der Waals surface area contributed by atoms with Gasteiger partial charge in [0.25, 0.3) is 0 Å². The summed E-state index contributed by atoms with van der Waals surface area (Å²) < 4.78 is 0. The molecule has 0 fully saturated rings. The number of rotatable bonds is 1. The standard InChI is InChI=1S/C9H11ClN2/c1-5-3-6(2)8(10)4-7(5)9(11)12/h3-4H,1-2H3,(H3,11,12). The number of amidine groups is 1. The lowest BCUT2D eigenvalue weighted by atomic mass is 10.1. The van der Waals surface area contributed by atoms with Crippen LogP contribution in [0.5, 0.6) is 0 Å². The molecule has 0 aliphatic rings. The van der Waals surface area contributed by atoms with E-state index < -0.39 is 0 Å². The van der Waals surface area contributed by atoms with Gasteiger partial charge in [-0.2, -0.15) is 0 Å². The van der Waals surface area contributed by atoms with Crippen molar-refractivity contribution >= 4 is 17.4 Å². The minimum absolute atomic E-state index is 0.0643. The molecule has 0 radical (unpaired) electrons. The summed E-state index contributed by atoms with van der Waals surface area (Å²) in [6.07, 6.45) is 0. The van der Waals surface area contributed by atoms with Crippen LogP contribution in [0.2, 0.25) is 5.02 Å². The molecule has 0 heterocycles. The monoisotopic (exact) mass is 182 g/mol. The van der Waals surface area contributed by atoms with Gasteiger partial charge in [-0.25, -0.2) is 0 Å². The molecule has 0 spiro atoms. The number of aryl methyl sites for hydroxylation is 2. The SMILES string of the molecule is Cc1cc(C)c(C(=N)N)cc1Cl. The van der Waals surface area contributed by atoms with E-state index in [1.807, 2.05) is 19.9 Å². The normalized spacial score (nSPS) is 9.92. The highest BCUT2D eigenvalue weighted by Crippen LogP contribution is 2.19. The quantitative estimate of drug-likeness (QED) is 0.508. The molecule has 3 heteroatoms. The molecule has 1 rings (SSSR count). The largest absolute Gasteiger partial charge is 0.384 e. The van der Waals surface area contributed by atoms with Crippen molar-refractivity contribution in [3.63, 3.8) is 0 Å². The first-order chi connectivity index (χ1) is 5.52. The van der Waals surface area contributed by atoms with Crippen LogP contribution in [0, 0.1) is 19.3 Å². The average Bonchev–Trinajstić information content (AvgIpc) is 1.96. The summed E-state index contributed by atoms with van der Waals surface area (Å²) in [5.41, 5.74) is 8.08. The van der Waals surface area contributed by atoms with Gasteiger partial charge in [0.15, 0.2) is 0 Å². The zero-order chi connectivity index (χ0) is 9.30. The predicted octanol–water partition coefficient (Wildman–Crippen LogP) is 2.24. The maximum atomic E-state index is 7.26. The molecular formula is C9H11ClN2. The van der Waals surface area contributed by atoms with Crippen LogP contribution in [0.1, 0.15) is 16.7 Å². The number of nitrogen functional groups attached to an aromatic ring is 1. The maximum absolute atomic E-state index is 7.26. The molecule has 2 nitrogen and oxygen atoms in total. The summed E-state index contributed by atoms with van der Waals surface area (Å²) in [5.74, 6) is 0.0643. The summed E-state index contributed by atoms with van der Waals surface area (Å²) in [7, 11) is 0. The zero-order valence-electron chi connectivity index (χ0n) is 7.11. The van der Waals surface area contributed by atoms with E-state index in [1.165, 1.54) is 0 Å². The second-order valence-corrected chi connectivity index (χ2v) is 3.24. The Hall–Kier alpha value is -1.02. The fourth-order valence-corrected chi connectivity index (χ4v) is 1.28. The molecule has 0 amide bonds. The first kappa shape index (κ1) is 9.07. The van der Waals surface area contributed by atoms with Gasteiger partial charge in [-0.1, -0.05) is 17.7 Å². The Morgan fingerprint density at radius 3 is 2.42 bits per heavy atom. The molecular weight excluding hydrogens is 172 g/mol. The van der Waals surface area contributed by atoms with Crippen molar-refractivity contribution in [1.82, 2.24) is 0 Å².